The van der Waals surface area contributed by atoms with Crippen molar-refractivity contribution in [2.24, 2.45) is 10.9 Å². The van der Waals surface area contributed by atoms with Crippen LogP contribution in [-0.4, -0.2) is 84.3 Å². The number of halogens is 1. The summed E-state index contributed by atoms with van der Waals surface area (Å²) in [6, 6.07) is 8.48. The van der Waals surface area contributed by atoms with Gasteiger partial charge in [-0.1, -0.05) is 12.1 Å². The van der Waals surface area contributed by atoms with Gasteiger partial charge in [-0.25, -0.2) is 0 Å². The average Bonchev–Trinajstić information content (AvgIpc) is 3.29. The summed E-state index contributed by atoms with van der Waals surface area (Å²) in [6.45, 7) is 9.41. The van der Waals surface area contributed by atoms with Gasteiger partial charge in [0.05, 0.1) is 33.5 Å². The quantitative estimate of drug-likeness (QED) is 0.205. The molecule has 1 aromatic rings. The second kappa shape index (κ2) is 14.2. The van der Waals surface area contributed by atoms with Crippen molar-refractivity contribution in [3.05, 3.63) is 29.8 Å². The predicted molar refractivity (Wildman–Crippen MR) is 138 cm³/mol. The van der Waals surface area contributed by atoms with Crippen molar-refractivity contribution in [3.8, 4) is 5.75 Å². The summed E-state index contributed by atoms with van der Waals surface area (Å²) in [7, 11) is 3.41. The van der Waals surface area contributed by atoms with Gasteiger partial charge < -0.3 is 29.2 Å². The maximum atomic E-state index is 5.76. The fourth-order valence-electron chi connectivity index (χ4n) is 4.45. The highest BCUT2D eigenvalue weighted by atomic mass is 127. The molecule has 2 fully saturated rings. The van der Waals surface area contributed by atoms with Gasteiger partial charge in [-0.2, -0.15) is 0 Å². The minimum atomic E-state index is 0. The normalized spacial score (nSPS) is 20.7. The highest BCUT2D eigenvalue weighted by molar-refractivity contribution is 14.0. The van der Waals surface area contributed by atoms with Crippen molar-refractivity contribution >= 4 is 29.9 Å². The van der Waals surface area contributed by atoms with Gasteiger partial charge in [0.25, 0.3) is 0 Å². The zero-order valence-electron chi connectivity index (χ0n) is 19.8. The Morgan fingerprint density at radius 3 is 2.59 bits per heavy atom. The van der Waals surface area contributed by atoms with E-state index in [1.807, 2.05) is 0 Å². The Hall–Kier alpha value is -1.10. The van der Waals surface area contributed by atoms with Crippen LogP contribution >= 0.6 is 24.0 Å². The summed E-state index contributed by atoms with van der Waals surface area (Å²) in [5, 5.41) is 3.51. The highest BCUT2D eigenvalue weighted by Crippen LogP contribution is 2.36. The largest absolute Gasteiger partial charge is 0.497 e. The molecule has 8 heteroatoms. The number of likely N-dealkylation sites (tertiary alicyclic amines) is 1. The minimum Gasteiger partial charge on any atom is -0.497 e. The Labute approximate surface area is 210 Å². The second-order valence-corrected chi connectivity index (χ2v) is 8.46. The van der Waals surface area contributed by atoms with Gasteiger partial charge in [-0.05, 0) is 43.9 Å². The third-order valence-electron chi connectivity index (χ3n) is 6.39. The summed E-state index contributed by atoms with van der Waals surface area (Å²) in [5.41, 5.74) is 1.33. The van der Waals surface area contributed by atoms with Gasteiger partial charge >= 0.3 is 0 Å². The number of guanidine groups is 1. The second-order valence-electron chi connectivity index (χ2n) is 8.46. The fraction of sp³-hybridized carbons (Fsp3) is 0.708. The van der Waals surface area contributed by atoms with E-state index in [4.69, 9.17) is 23.9 Å². The van der Waals surface area contributed by atoms with Crippen molar-refractivity contribution in [1.82, 2.24) is 10.2 Å². The Balaban J connectivity index is 0.00000363. The molecule has 0 radical (unpaired) electrons. The molecule has 1 atom stereocenters. The van der Waals surface area contributed by atoms with Gasteiger partial charge in [0.2, 0.25) is 0 Å². The number of rotatable bonds is 10. The van der Waals surface area contributed by atoms with Crippen LogP contribution < -0.4 is 10.1 Å². The van der Waals surface area contributed by atoms with Gasteiger partial charge in [0.15, 0.2) is 5.96 Å². The highest BCUT2D eigenvalue weighted by Gasteiger charge is 2.35. The molecule has 2 saturated heterocycles. The first-order valence-corrected chi connectivity index (χ1v) is 11.5. The number of hydrogen-bond acceptors (Lipinski definition) is 5. The third kappa shape index (κ3) is 7.46. The zero-order valence-corrected chi connectivity index (χ0v) is 22.1. The SMILES string of the molecule is CCNC(=NCC1(c2ccc(OC)cc2)CCOCC1)N1CCC(COCCOC)C1.I. The van der Waals surface area contributed by atoms with Crippen molar-refractivity contribution in [2.45, 2.75) is 31.6 Å². The lowest BCUT2D eigenvalue weighted by Gasteiger charge is -2.37. The molecule has 2 aliphatic heterocycles. The summed E-state index contributed by atoms with van der Waals surface area (Å²) >= 11 is 0. The van der Waals surface area contributed by atoms with Crippen molar-refractivity contribution in [2.75, 3.05) is 73.4 Å². The van der Waals surface area contributed by atoms with E-state index >= 15 is 0 Å². The van der Waals surface area contributed by atoms with Gasteiger partial charge in [-0.15, -0.1) is 24.0 Å². The maximum Gasteiger partial charge on any atom is 0.193 e. The van der Waals surface area contributed by atoms with Crippen LogP contribution in [0.1, 0.15) is 31.7 Å². The van der Waals surface area contributed by atoms with Crippen molar-refractivity contribution in [3.63, 3.8) is 0 Å². The number of hydrogen-bond donors (Lipinski definition) is 1. The van der Waals surface area contributed by atoms with Crippen LogP contribution in [0.4, 0.5) is 0 Å². The van der Waals surface area contributed by atoms with Gasteiger partial charge in [-0.3, -0.25) is 4.99 Å². The molecule has 0 amide bonds. The molecule has 0 aliphatic carbocycles. The molecule has 2 aliphatic rings. The minimum absolute atomic E-state index is 0. The number of benzene rings is 1. The van der Waals surface area contributed by atoms with E-state index in [9.17, 15) is 0 Å². The van der Waals surface area contributed by atoms with Crippen LogP contribution in [0.15, 0.2) is 29.3 Å². The van der Waals surface area contributed by atoms with E-state index in [0.717, 1.165) is 77.0 Å². The summed E-state index contributed by atoms with van der Waals surface area (Å²) in [6.07, 6.45) is 3.10. The fourth-order valence-corrected chi connectivity index (χ4v) is 4.45. The first-order chi connectivity index (χ1) is 15.2. The molecule has 0 saturated carbocycles. The van der Waals surface area contributed by atoms with Crippen molar-refractivity contribution in [1.29, 1.82) is 0 Å². The third-order valence-corrected chi connectivity index (χ3v) is 6.39. The molecular formula is C24H40IN3O4. The Bertz CT molecular complexity index is 680. The molecule has 2 heterocycles. The predicted octanol–water partition coefficient (Wildman–Crippen LogP) is 3.31. The molecule has 0 aromatic heterocycles. The molecule has 3 rings (SSSR count). The van der Waals surface area contributed by atoms with Crippen LogP contribution in [0.2, 0.25) is 0 Å². The van der Waals surface area contributed by atoms with E-state index in [-0.39, 0.29) is 29.4 Å². The number of methoxy groups -OCH3 is 2. The van der Waals surface area contributed by atoms with Crippen LogP contribution in [-0.2, 0) is 19.6 Å². The Morgan fingerprint density at radius 1 is 1.19 bits per heavy atom. The number of nitrogens with one attached hydrogen (secondary N) is 1. The molecule has 1 N–H and O–H groups in total. The lowest BCUT2D eigenvalue weighted by molar-refractivity contribution is 0.0527. The maximum absolute atomic E-state index is 5.76. The standard InChI is InChI=1S/C24H39N3O4.HI/c1-4-25-23(27-12-9-20(17-27)18-31-16-15-28-2)26-19-24(10-13-30-14-11-24)21-5-7-22(29-3)8-6-21;/h5-8,20H,4,9-19H2,1-3H3,(H,25,26);1H. The molecule has 182 valence electrons. The lowest BCUT2D eigenvalue weighted by Crippen LogP contribution is -2.43. The van der Waals surface area contributed by atoms with Crippen molar-refractivity contribution < 1.29 is 18.9 Å². The Kier molecular flexibility index (Phi) is 12.1. The van der Waals surface area contributed by atoms with Crippen LogP contribution in [0, 0.1) is 5.92 Å². The summed E-state index contributed by atoms with van der Waals surface area (Å²) < 4.78 is 21.9. The molecule has 1 aromatic carbocycles. The van der Waals surface area contributed by atoms with Crippen LogP contribution in [0.3, 0.4) is 0 Å². The zero-order chi connectivity index (χ0) is 21.9. The van der Waals surface area contributed by atoms with Gasteiger partial charge in [0, 0.05) is 51.3 Å². The van der Waals surface area contributed by atoms with Gasteiger partial charge in [0.1, 0.15) is 5.75 Å². The molecule has 32 heavy (non-hydrogen) atoms. The summed E-state index contributed by atoms with van der Waals surface area (Å²) in [4.78, 5) is 7.52. The molecule has 1 unspecified atom stereocenters. The number of aliphatic imine (C=N–C) groups is 1. The summed E-state index contributed by atoms with van der Waals surface area (Å²) in [5.74, 6) is 2.44. The van der Waals surface area contributed by atoms with Crippen LogP contribution in [0.25, 0.3) is 0 Å². The lowest BCUT2D eigenvalue weighted by atomic mass is 9.74. The molecule has 0 spiro atoms. The number of ether oxygens (including phenoxy) is 4. The Morgan fingerprint density at radius 2 is 1.94 bits per heavy atom. The first-order valence-electron chi connectivity index (χ1n) is 11.5. The molecular weight excluding hydrogens is 521 g/mol. The monoisotopic (exact) mass is 561 g/mol. The topological polar surface area (TPSA) is 64.6 Å². The van der Waals surface area contributed by atoms with E-state index < -0.39 is 0 Å². The van der Waals surface area contributed by atoms with Crippen LogP contribution in [0.5, 0.6) is 5.75 Å². The smallest absolute Gasteiger partial charge is 0.193 e. The molecule has 0 bridgehead atoms. The molecule has 7 nitrogen and oxygen atoms in total. The first kappa shape index (κ1) is 27.1. The van der Waals surface area contributed by atoms with E-state index in [2.05, 4.69) is 41.4 Å². The van der Waals surface area contributed by atoms with E-state index in [0.29, 0.717) is 19.1 Å². The number of nitrogens with zero attached hydrogens (tertiary/aromatic N) is 2. The average molecular weight is 562 g/mol. The van der Waals surface area contributed by atoms with E-state index in [1.54, 1.807) is 14.2 Å². The van der Waals surface area contributed by atoms with E-state index in [1.165, 1.54) is 5.56 Å².